The van der Waals surface area contributed by atoms with Gasteiger partial charge in [0.25, 0.3) is 0 Å². The predicted octanol–water partition coefficient (Wildman–Crippen LogP) is -1.18. The van der Waals surface area contributed by atoms with Crippen molar-refractivity contribution in [1.29, 1.82) is 5.26 Å². The first-order chi connectivity index (χ1) is 9.76. The molecule has 1 aromatic carbocycles. The van der Waals surface area contributed by atoms with Crippen molar-refractivity contribution in [3.63, 3.8) is 0 Å². The third kappa shape index (κ3) is 2.79. The number of ether oxygens (including phenoxy) is 1. The summed E-state index contributed by atoms with van der Waals surface area (Å²) in [6.45, 7) is 8.50. The first kappa shape index (κ1) is 13.4. The third-order valence-electron chi connectivity index (χ3n) is 4.61. The highest BCUT2D eigenvalue weighted by atomic mass is 16.5. The molecule has 0 bridgehead atoms. The van der Waals surface area contributed by atoms with Gasteiger partial charge in [-0.1, -0.05) is 0 Å². The monoisotopic (exact) mass is 273 g/mol. The maximum absolute atomic E-state index is 8.99. The van der Waals surface area contributed by atoms with Crippen molar-refractivity contribution in [2.75, 3.05) is 32.8 Å². The SMILES string of the molecule is C[C@H](C#N)[NH+]1CC[NH+](Cc2ccc3c(c2)CCO3)CC1. The van der Waals surface area contributed by atoms with Gasteiger partial charge >= 0.3 is 0 Å². The van der Waals surface area contributed by atoms with Gasteiger partial charge in [-0.05, 0) is 23.8 Å². The summed E-state index contributed by atoms with van der Waals surface area (Å²) in [5.74, 6) is 1.07. The van der Waals surface area contributed by atoms with E-state index < -0.39 is 0 Å². The summed E-state index contributed by atoms with van der Waals surface area (Å²) in [7, 11) is 0. The van der Waals surface area contributed by atoms with Gasteiger partial charge in [-0.15, -0.1) is 0 Å². The van der Waals surface area contributed by atoms with E-state index in [9.17, 15) is 0 Å². The lowest BCUT2D eigenvalue weighted by atomic mass is 10.1. The molecular weight excluding hydrogens is 250 g/mol. The van der Waals surface area contributed by atoms with Gasteiger partial charge in [0.05, 0.1) is 6.61 Å². The lowest BCUT2D eigenvalue weighted by molar-refractivity contribution is -1.02. The van der Waals surface area contributed by atoms with Gasteiger partial charge in [0.2, 0.25) is 0 Å². The molecule has 1 fully saturated rings. The fourth-order valence-electron chi connectivity index (χ4n) is 3.26. The molecule has 2 heterocycles. The van der Waals surface area contributed by atoms with E-state index in [4.69, 9.17) is 10.00 Å². The van der Waals surface area contributed by atoms with Crippen molar-refractivity contribution in [2.24, 2.45) is 0 Å². The number of hydrogen-bond donors (Lipinski definition) is 2. The summed E-state index contributed by atoms with van der Waals surface area (Å²) in [6, 6.07) is 9.14. The quantitative estimate of drug-likeness (QED) is 0.728. The highest BCUT2D eigenvalue weighted by Crippen LogP contribution is 2.25. The second-order valence-corrected chi connectivity index (χ2v) is 5.98. The van der Waals surface area contributed by atoms with Crippen molar-refractivity contribution >= 4 is 0 Å². The van der Waals surface area contributed by atoms with Gasteiger partial charge in [0.1, 0.15) is 44.5 Å². The van der Waals surface area contributed by atoms with Crippen molar-refractivity contribution in [3.8, 4) is 11.8 Å². The summed E-state index contributed by atoms with van der Waals surface area (Å²) < 4.78 is 5.56. The molecule has 1 atom stereocenters. The molecule has 0 saturated carbocycles. The molecule has 0 radical (unpaired) electrons. The Morgan fingerprint density at radius 1 is 1.30 bits per heavy atom. The minimum Gasteiger partial charge on any atom is -0.493 e. The van der Waals surface area contributed by atoms with E-state index in [1.54, 1.807) is 4.90 Å². The number of piperazine rings is 1. The maximum Gasteiger partial charge on any atom is 0.172 e. The lowest BCUT2D eigenvalue weighted by Crippen LogP contribution is -3.29. The molecule has 4 heteroatoms. The highest BCUT2D eigenvalue weighted by molar-refractivity contribution is 5.39. The van der Waals surface area contributed by atoms with Crippen molar-refractivity contribution < 1.29 is 14.5 Å². The van der Waals surface area contributed by atoms with Crippen LogP contribution in [0.15, 0.2) is 18.2 Å². The fourth-order valence-corrected chi connectivity index (χ4v) is 3.26. The maximum atomic E-state index is 8.99. The molecular formula is C16H23N3O+2. The minimum absolute atomic E-state index is 0.133. The van der Waals surface area contributed by atoms with Crippen LogP contribution in [0.5, 0.6) is 5.75 Å². The van der Waals surface area contributed by atoms with Crippen LogP contribution in [0.3, 0.4) is 0 Å². The van der Waals surface area contributed by atoms with Gasteiger partial charge in [0, 0.05) is 18.9 Å². The van der Waals surface area contributed by atoms with Gasteiger partial charge in [0.15, 0.2) is 6.04 Å². The zero-order valence-corrected chi connectivity index (χ0v) is 12.1. The van der Waals surface area contributed by atoms with Crippen molar-refractivity contribution in [1.82, 2.24) is 0 Å². The average molecular weight is 273 g/mol. The topological polar surface area (TPSA) is 41.9 Å². The molecule has 0 spiro atoms. The molecule has 0 unspecified atom stereocenters. The molecule has 2 aliphatic rings. The zero-order chi connectivity index (χ0) is 13.9. The van der Waals surface area contributed by atoms with E-state index in [0.717, 1.165) is 51.5 Å². The molecule has 0 amide bonds. The first-order valence-corrected chi connectivity index (χ1v) is 7.58. The van der Waals surface area contributed by atoms with Gasteiger partial charge in [-0.2, -0.15) is 5.26 Å². The van der Waals surface area contributed by atoms with E-state index in [0.29, 0.717) is 0 Å². The van der Waals surface area contributed by atoms with Crippen LogP contribution < -0.4 is 14.5 Å². The Kier molecular flexibility index (Phi) is 3.90. The zero-order valence-electron chi connectivity index (χ0n) is 12.1. The van der Waals surface area contributed by atoms with Crippen LogP contribution in [0.4, 0.5) is 0 Å². The third-order valence-corrected chi connectivity index (χ3v) is 4.61. The number of nitrogens with one attached hydrogen (secondary N) is 2. The number of hydrogen-bond acceptors (Lipinski definition) is 2. The van der Waals surface area contributed by atoms with E-state index >= 15 is 0 Å². The Bertz CT molecular complexity index is 515. The number of benzene rings is 1. The molecule has 1 saturated heterocycles. The van der Waals surface area contributed by atoms with Crippen LogP contribution in [-0.2, 0) is 13.0 Å². The smallest absolute Gasteiger partial charge is 0.172 e. The molecule has 0 aromatic heterocycles. The van der Waals surface area contributed by atoms with Crippen LogP contribution >= 0.6 is 0 Å². The Balaban J connectivity index is 1.56. The van der Waals surface area contributed by atoms with E-state index in [-0.39, 0.29) is 6.04 Å². The summed E-state index contributed by atoms with van der Waals surface area (Å²) in [6.07, 6.45) is 1.05. The molecule has 106 valence electrons. The average Bonchev–Trinajstić information content (AvgIpc) is 2.95. The molecule has 0 aliphatic carbocycles. The van der Waals surface area contributed by atoms with Crippen LogP contribution in [0, 0.1) is 11.3 Å². The Morgan fingerprint density at radius 2 is 2.10 bits per heavy atom. The van der Waals surface area contributed by atoms with Gasteiger partial charge in [-0.25, -0.2) is 0 Å². The van der Waals surface area contributed by atoms with E-state index in [2.05, 4.69) is 24.3 Å². The number of nitrogens with zero attached hydrogens (tertiary/aromatic N) is 1. The van der Waals surface area contributed by atoms with E-state index in [1.165, 1.54) is 16.0 Å². The number of rotatable bonds is 3. The van der Waals surface area contributed by atoms with Gasteiger partial charge < -0.3 is 14.5 Å². The molecule has 4 nitrogen and oxygen atoms in total. The highest BCUT2D eigenvalue weighted by Gasteiger charge is 2.26. The number of quaternary nitrogens is 2. The summed E-state index contributed by atoms with van der Waals surface area (Å²) in [5.41, 5.74) is 2.78. The number of fused-ring (bicyclic) bond motifs is 1. The Morgan fingerprint density at radius 3 is 2.85 bits per heavy atom. The fraction of sp³-hybridized carbons (Fsp3) is 0.562. The second-order valence-electron chi connectivity index (χ2n) is 5.98. The lowest BCUT2D eigenvalue weighted by Gasteiger charge is -2.31. The summed E-state index contributed by atoms with van der Waals surface area (Å²) >= 11 is 0. The number of nitriles is 1. The van der Waals surface area contributed by atoms with Crippen molar-refractivity contribution in [2.45, 2.75) is 25.9 Å². The van der Waals surface area contributed by atoms with Gasteiger partial charge in [-0.3, -0.25) is 0 Å². The predicted molar refractivity (Wildman–Crippen MR) is 75.8 cm³/mol. The first-order valence-electron chi connectivity index (χ1n) is 7.58. The molecule has 3 rings (SSSR count). The second kappa shape index (κ2) is 5.82. The molecule has 2 aliphatic heterocycles. The molecule has 1 aromatic rings. The normalized spacial score (nSPS) is 26.4. The summed E-state index contributed by atoms with van der Waals surface area (Å²) in [4.78, 5) is 3.08. The van der Waals surface area contributed by atoms with Crippen molar-refractivity contribution in [3.05, 3.63) is 29.3 Å². The van der Waals surface area contributed by atoms with Crippen LogP contribution in [0.2, 0.25) is 0 Å². The Labute approximate surface area is 120 Å². The minimum atomic E-state index is 0.133. The van der Waals surface area contributed by atoms with E-state index in [1.807, 2.05) is 6.92 Å². The van der Waals surface area contributed by atoms with Crippen LogP contribution in [-0.4, -0.2) is 38.8 Å². The molecule has 20 heavy (non-hydrogen) atoms. The Hall–Kier alpha value is -1.57. The standard InChI is InChI=1S/C16H21N3O/c1-13(11-17)19-7-5-18(6-8-19)12-14-2-3-16-15(10-14)4-9-20-16/h2-3,10,13H,4-9,12H2,1H3/p+2/t13-/m1/s1. The molecule has 2 N–H and O–H groups in total. The largest absolute Gasteiger partial charge is 0.493 e. The summed E-state index contributed by atoms with van der Waals surface area (Å²) in [5, 5.41) is 8.99. The van der Waals surface area contributed by atoms with Crippen LogP contribution in [0.1, 0.15) is 18.1 Å². The van der Waals surface area contributed by atoms with Crippen LogP contribution in [0.25, 0.3) is 0 Å².